The number of carbonyl (C=O) groups is 1. The lowest BCUT2D eigenvalue weighted by atomic mass is 10.1. The highest BCUT2D eigenvalue weighted by Crippen LogP contribution is 2.31. The Morgan fingerprint density at radius 3 is 2.26 bits per heavy atom. The van der Waals surface area contributed by atoms with Gasteiger partial charge in [-0.1, -0.05) is 29.3 Å². The Morgan fingerprint density at radius 1 is 1.17 bits per heavy atom. The van der Waals surface area contributed by atoms with E-state index in [1.165, 1.54) is 22.5 Å². The van der Waals surface area contributed by atoms with Gasteiger partial charge in [-0.05, 0) is 26.0 Å². The predicted molar refractivity (Wildman–Crippen MR) is 90.1 cm³/mol. The molecule has 1 fully saturated rings. The molecule has 9 heteroatoms. The highest BCUT2D eigenvalue weighted by molar-refractivity contribution is 7.89. The minimum absolute atomic E-state index is 0.00997. The van der Waals surface area contributed by atoms with Crippen LogP contribution in [0.25, 0.3) is 0 Å². The lowest BCUT2D eigenvalue weighted by Crippen LogP contribution is -2.57. The summed E-state index contributed by atoms with van der Waals surface area (Å²) in [4.78, 5) is 13.7. The number of piperazine rings is 1. The highest BCUT2D eigenvalue weighted by atomic mass is 35.5. The van der Waals surface area contributed by atoms with Gasteiger partial charge in [0.1, 0.15) is 4.90 Å². The van der Waals surface area contributed by atoms with Gasteiger partial charge in [0.15, 0.2) is 0 Å². The van der Waals surface area contributed by atoms with Crippen LogP contribution in [0.2, 0.25) is 10.0 Å². The van der Waals surface area contributed by atoms with Gasteiger partial charge in [-0.2, -0.15) is 4.31 Å². The summed E-state index contributed by atoms with van der Waals surface area (Å²) < 4.78 is 26.7. The average Bonchev–Trinajstić information content (AvgIpc) is 2.48. The van der Waals surface area contributed by atoms with Crippen LogP contribution in [0.4, 0.5) is 0 Å². The molecule has 1 aromatic rings. The van der Waals surface area contributed by atoms with Crippen LogP contribution in [0, 0.1) is 0 Å². The van der Waals surface area contributed by atoms with Crippen molar-refractivity contribution in [2.45, 2.75) is 24.3 Å². The van der Waals surface area contributed by atoms with Crippen LogP contribution in [0.5, 0.6) is 0 Å². The summed E-state index contributed by atoms with van der Waals surface area (Å²) in [5.41, 5.74) is 4.83. The van der Waals surface area contributed by atoms with Crippen molar-refractivity contribution in [1.29, 1.82) is 0 Å². The molecule has 1 saturated heterocycles. The zero-order valence-corrected chi connectivity index (χ0v) is 15.2. The van der Waals surface area contributed by atoms with E-state index in [0.29, 0.717) is 0 Å². The van der Waals surface area contributed by atoms with Crippen molar-refractivity contribution in [3.05, 3.63) is 28.2 Å². The van der Waals surface area contributed by atoms with E-state index < -0.39 is 15.6 Å². The Labute approximate surface area is 146 Å². The molecule has 0 saturated carbocycles. The van der Waals surface area contributed by atoms with Crippen molar-refractivity contribution in [1.82, 2.24) is 9.21 Å². The van der Waals surface area contributed by atoms with E-state index in [0.717, 1.165) is 0 Å². The normalized spacial score (nSPS) is 17.3. The second kappa shape index (κ2) is 6.57. The van der Waals surface area contributed by atoms with Crippen LogP contribution in [0.1, 0.15) is 13.8 Å². The Bertz CT molecular complexity index is 708. The van der Waals surface area contributed by atoms with Gasteiger partial charge < -0.3 is 10.6 Å². The average molecular weight is 380 g/mol. The molecule has 128 valence electrons. The molecule has 0 atom stereocenters. The minimum Gasteiger partial charge on any atom is -0.338 e. The Hall–Kier alpha value is -0.860. The number of carbonyl (C=O) groups excluding carboxylic acids is 1. The first-order chi connectivity index (χ1) is 10.5. The van der Waals surface area contributed by atoms with Gasteiger partial charge in [0.25, 0.3) is 0 Å². The number of benzene rings is 1. The van der Waals surface area contributed by atoms with Crippen LogP contribution >= 0.6 is 23.2 Å². The number of nitrogens with two attached hydrogens (primary N) is 1. The molecular weight excluding hydrogens is 361 g/mol. The molecular formula is C14H19Cl2N3O3S. The number of sulfonamides is 1. The Balaban J connectivity index is 2.16. The molecule has 23 heavy (non-hydrogen) atoms. The number of amides is 1. The molecule has 0 bridgehead atoms. The zero-order chi connectivity index (χ0) is 17.4. The minimum atomic E-state index is -3.75. The van der Waals surface area contributed by atoms with Gasteiger partial charge in [0.2, 0.25) is 15.9 Å². The quantitative estimate of drug-likeness (QED) is 0.863. The molecule has 1 amide bonds. The Morgan fingerprint density at radius 2 is 1.74 bits per heavy atom. The first kappa shape index (κ1) is 18.5. The topological polar surface area (TPSA) is 83.7 Å². The summed E-state index contributed by atoms with van der Waals surface area (Å²) in [7, 11) is -3.75. The van der Waals surface area contributed by atoms with E-state index in [2.05, 4.69) is 0 Å². The summed E-state index contributed by atoms with van der Waals surface area (Å²) in [6, 6.07) is 4.49. The lowest BCUT2D eigenvalue weighted by molar-refractivity contribution is -0.137. The van der Waals surface area contributed by atoms with Crippen molar-refractivity contribution in [2.24, 2.45) is 5.73 Å². The van der Waals surface area contributed by atoms with Gasteiger partial charge in [0.05, 0.1) is 15.6 Å². The third kappa shape index (κ3) is 3.80. The zero-order valence-electron chi connectivity index (χ0n) is 12.9. The lowest BCUT2D eigenvalue weighted by Gasteiger charge is -2.37. The van der Waals surface area contributed by atoms with E-state index in [1.807, 2.05) is 0 Å². The fraction of sp³-hybridized carbons (Fsp3) is 0.500. The molecule has 0 radical (unpaired) electrons. The van der Waals surface area contributed by atoms with Crippen LogP contribution in [-0.4, -0.2) is 55.2 Å². The van der Waals surface area contributed by atoms with Gasteiger partial charge in [-0.15, -0.1) is 0 Å². The summed E-state index contributed by atoms with van der Waals surface area (Å²) in [5.74, 6) is -0.199. The number of hydrogen-bond donors (Lipinski definition) is 1. The second-order valence-electron chi connectivity index (χ2n) is 5.97. The van der Waals surface area contributed by atoms with Crippen LogP contribution in [0.15, 0.2) is 23.1 Å². The van der Waals surface area contributed by atoms with E-state index in [-0.39, 0.29) is 47.0 Å². The SMILES string of the molecule is CC(C)(N)C(=O)N1CCN(S(=O)(=O)c2cccc(Cl)c2Cl)CC1. The maximum Gasteiger partial charge on any atom is 0.244 e. The van der Waals surface area contributed by atoms with E-state index in [1.54, 1.807) is 18.7 Å². The molecule has 0 spiro atoms. The fourth-order valence-electron chi connectivity index (χ4n) is 2.36. The van der Waals surface area contributed by atoms with Gasteiger partial charge in [-0.3, -0.25) is 4.79 Å². The maximum atomic E-state index is 12.7. The largest absolute Gasteiger partial charge is 0.338 e. The van der Waals surface area contributed by atoms with Gasteiger partial charge in [0, 0.05) is 26.2 Å². The third-order valence-electron chi connectivity index (χ3n) is 3.61. The maximum absolute atomic E-state index is 12.7. The van der Waals surface area contributed by atoms with Crippen LogP contribution in [-0.2, 0) is 14.8 Å². The van der Waals surface area contributed by atoms with Gasteiger partial charge >= 0.3 is 0 Å². The smallest absolute Gasteiger partial charge is 0.244 e. The van der Waals surface area contributed by atoms with E-state index in [9.17, 15) is 13.2 Å². The van der Waals surface area contributed by atoms with Gasteiger partial charge in [-0.25, -0.2) is 8.42 Å². The highest BCUT2D eigenvalue weighted by Gasteiger charge is 2.35. The second-order valence-corrected chi connectivity index (χ2v) is 8.66. The molecule has 1 aliphatic heterocycles. The molecule has 2 N–H and O–H groups in total. The number of hydrogen-bond acceptors (Lipinski definition) is 4. The number of nitrogens with zero attached hydrogens (tertiary/aromatic N) is 2. The van der Waals surface area contributed by atoms with Crippen molar-refractivity contribution in [3.63, 3.8) is 0 Å². The summed E-state index contributed by atoms with van der Waals surface area (Å²) in [5, 5.41) is 0.196. The fourth-order valence-corrected chi connectivity index (χ4v) is 4.52. The molecule has 0 unspecified atom stereocenters. The van der Waals surface area contributed by atoms with Crippen molar-refractivity contribution in [2.75, 3.05) is 26.2 Å². The van der Waals surface area contributed by atoms with Crippen LogP contribution < -0.4 is 5.73 Å². The summed E-state index contributed by atoms with van der Waals surface area (Å²) in [6.07, 6.45) is 0. The third-order valence-corrected chi connectivity index (χ3v) is 6.48. The molecule has 0 aliphatic carbocycles. The van der Waals surface area contributed by atoms with E-state index in [4.69, 9.17) is 28.9 Å². The first-order valence-electron chi connectivity index (χ1n) is 7.07. The van der Waals surface area contributed by atoms with Crippen molar-refractivity contribution in [3.8, 4) is 0 Å². The molecule has 0 aromatic heterocycles. The molecule has 2 rings (SSSR count). The van der Waals surface area contributed by atoms with Crippen LogP contribution in [0.3, 0.4) is 0 Å². The molecule has 1 aliphatic rings. The predicted octanol–water partition coefficient (Wildman–Crippen LogP) is 1.56. The molecule has 6 nitrogen and oxygen atoms in total. The molecule has 1 heterocycles. The molecule has 1 aromatic carbocycles. The van der Waals surface area contributed by atoms with Crippen molar-refractivity contribution >= 4 is 39.1 Å². The number of rotatable bonds is 3. The first-order valence-corrected chi connectivity index (χ1v) is 9.27. The number of halogens is 2. The monoisotopic (exact) mass is 379 g/mol. The standard InChI is InChI=1S/C14H19Cl2N3O3S/c1-14(2,17)13(20)18-6-8-19(9-7-18)23(21,22)11-5-3-4-10(15)12(11)16/h3-5H,6-9,17H2,1-2H3. The Kier molecular flexibility index (Phi) is 5.27. The summed E-state index contributed by atoms with van der Waals surface area (Å²) >= 11 is 11.9. The summed E-state index contributed by atoms with van der Waals surface area (Å²) in [6.45, 7) is 4.21. The van der Waals surface area contributed by atoms with E-state index >= 15 is 0 Å². The van der Waals surface area contributed by atoms with Crippen molar-refractivity contribution < 1.29 is 13.2 Å².